The van der Waals surface area contributed by atoms with E-state index in [2.05, 4.69) is 10.1 Å². The predicted octanol–water partition coefficient (Wildman–Crippen LogP) is 4.10. The zero-order valence-corrected chi connectivity index (χ0v) is 16.5. The van der Waals surface area contributed by atoms with Gasteiger partial charge in [-0.3, -0.25) is 4.79 Å². The van der Waals surface area contributed by atoms with Gasteiger partial charge in [0.15, 0.2) is 6.61 Å². The van der Waals surface area contributed by atoms with E-state index < -0.39 is 24.5 Å². The molecule has 0 radical (unpaired) electrons. The van der Waals surface area contributed by atoms with Crippen molar-refractivity contribution in [3.63, 3.8) is 0 Å². The summed E-state index contributed by atoms with van der Waals surface area (Å²) in [7, 11) is 1.29. The van der Waals surface area contributed by atoms with Gasteiger partial charge in [-0.05, 0) is 48.6 Å². The fourth-order valence-electron chi connectivity index (χ4n) is 2.75. The molecule has 0 aliphatic heterocycles. The summed E-state index contributed by atoms with van der Waals surface area (Å²) in [5.74, 6) is -1.52. The molecule has 0 fully saturated rings. The molecule has 1 aromatic heterocycles. The quantitative estimate of drug-likeness (QED) is 0.656. The predicted molar refractivity (Wildman–Crippen MR) is 108 cm³/mol. The second-order valence-corrected chi connectivity index (χ2v) is 7.25. The number of nitrogens with one attached hydrogen (secondary N) is 1. The molecule has 0 spiro atoms. The van der Waals surface area contributed by atoms with E-state index in [1.165, 1.54) is 24.5 Å². The number of hydrogen-bond donors (Lipinski definition) is 1. The molecule has 1 N–H and O–H groups in total. The highest BCUT2D eigenvalue weighted by Crippen LogP contribution is 2.31. The molecule has 0 saturated heterocycles. The van der Waals surface area contributed by atoms with Crippen molar-refractivity contribution in [2.45, 2.75) is 13.8 Å². The van der Waals surface area contributed by atoms with Gasteiger partial charge in [0.1, 0.15) is 4.88 Å². The lowest BCUT2D eigenvalue weighted by molar-refractivity contribution is -0.119. The smallest absolute Gasteiger partial charge is 0.349 e. The number of aryl methyl sites for hydroxylation is 2. The summed E-state index contributed by atoms with van der Waals surface area (Å²) < 4.78 is 10.9. The number of carbonyl (C=O) groups is 3. The number of benzene rings is 2. The van der Waals surface area contributed by atoms with Crippen molar-refractivity contribution in [2.24, 2.45) is 0 Å². The number of rotatable bonds is 5. The maximum Gasteiger partial charge on any atom is 0.349 e. The molecule has 1 amide bonds. The van der Waals surface area contributed by atoms with Gasteiger partial charge < -0.3 is 14.8 Å². The summed E-state index contributed by atoms with van der Waals surface area (Å²) in [5.41, 5.74) is 2.39. The summed E-state index contributed by atoms with van der Waals surface area (Å²) >= 11 is 1.34. The molecule has 3 rings (SSSR count). The lowest BCUT2D eigenvalue weighted by Crippen LogP contribution is -2.21. The van der Waals surface area contributed by atoms with Crippen molar-refractivity contribution >= 4 is 45.0 Å². The summed E-state index contributed by atoms with van der Waals surface area (Å²) in [4.78, 5) is 36.7. The fourth-order valence-corrected chi connectivity index (χ4v) is 3.86. The van der Waals surface area contributed by atoms with Crippen LogP contribution in [0.2, 0.25) is 0 Å². The van der Waals surface area contributed by atoms with Crippen molar-refractivity contribution in [3.05, 3.63) is 64.0 Å². The Morgan fingerprint density at radius 3 is 2.50 bits per heavy atom. The Morgan fingerprint density at radius 1 is 1.04 bits per heavy atom. The van der Waals surface area contributed by atoms with Crippen LogP contribution >= 0.6 is 11.3 Å². The number of ether oxygens (including phenoxy) is 2. The molecule has 1 heterocycles. The Bertz CT molecular complexity index is 1070. The number of carbonyl (C=O) groups excluding carboxylic acids is 3. The molecule has 28 heavy (non-hydrogen) atoms. The standard InChI is InChI=1S/C21H19NO5S/c1-12-8-9-14(20(24)26-3)10-16(12)22-18(23)11-27-21(25)19-13(2)15-6-4-5-7-17(15)28-19/h4-10H,11H2,1-3H3,(H,22,23). The summed E-state index contributed by atoms with van der Waals surface area (Å²) in [6, 6.07) is 12.5. The minimum absolute atomic E-state index is 0.321. The maximum absolute atomic E-state index is 12.4. The Hall–Kier alpha value is -3.19. The lowest BCUT2D eigenvalue weighted by Gasteiger charge is -2.10. The normalized spacial score (nSPS) is 10.5. The molecule has 2 aromatic carbocycles. The molecule has 0 bridgehead atoms. The van der Waals surface area contributed by atoms with Crippen molar-refractivity contribution in [1.29, 1.82) is 0 Å². The fraction of sp³-hybridized carbons (Fsp3) is 0.190. The highest BCUT2D eigenvalue weighted by molar-refractivity contribution is 7.21. The Balaban J connectivity index is 1.66. The molecule has 0 atom stereocenters. The Labute approximate surface area is 166 Å². The first-order valence-corrected chi connectivity index (χ1v) is 9.36. The SMILES string of the molecule is COC(=O)c1ccc(C)c(NC(=O)COC(=O)c2sc3ccccc3c2C)c1. The number of thiophene rings is 1. The van der Waals surface area contributed by atoms with E-state index in [4.69, 9.17) is 4.74 Å². The first-order valence-electron chi connectivity index (χ1n) is 8.54. The Morgan fingerprint density at radius 2 is 1.79 bits per heavy atom. The van der Waals surface area contributed by atoms with Gasteiger partial charge in [-0.25, -0.2) is 9.59 Å². The van der Waals surface area contributed by atoms with Crippen LogP contribution in [0.25, 0.3) is 10.1 Å². The van der Waals surface area contributed by atoms with Crippen LogP contribution in [0.5, 0.6) is 0 Å². The van der Waals surface area contributed by atoms with Crippen LogP contribution in [0.3, 0.4) is 0 Å². The summed E-state index contributed by atoms with van der Waals surface area (Å²) in [5, 5.41) is 3.66. The summed E-state index contributed by atoms with van der Waals surface area (Å²) in [6.07, 6.45) is 0. The number of methoxy groups -OCH3 is 1. The van der Waals surface area contributed by atoms with Gasteiger partial charge in [0.2, 0.25) is 0 Å². The third kappa shape index (κ3) is 4.04. The second-order valence-electron chi connectivity index (χ2n) is 6.20. The number of esters is 2. The van der Waals surface area contributed by atoms with Crippen molar-refractivity contribution < 1.29 is 23.9 Å². The van der Waals surface area contributed by atoms with Gasteiger partial charge in [0.25, 0.3) is 5.91 Å². The first kappa shape index (κ1) is 19.6. The van der Waals surface area contributed by atoms with Gasteiger partial charge in [-0.1, -0.05) is 24.3 Å². The number of hydrogen-bond acceptors (Lipinski definition) is 6. The minimum atomic E-state index is -0.533. The van der Waals surface area contributed by atoms with Gasteiger partial charge in [-0.15, -0.1) is 11.3 Å². The minimum Gasteiger partial charge on any atom is -0.465 e. The van der Waals surface area contributed by atoms with Crippen molar-refractivity contribution in [1.82, 2.24) is 0 Å². The third-order valence-electron chi connectivity index (χ3n) is 4.30. The van der Waals surface area contributed by atoms with Crippen molar-refractivity contribution in [3.8, 4) is 0 Å². The number of anilines is 1. The molecule has 0 unspecified atom stereocenters. The maximum atomic E-state index is 12.4. The number of fused-ring (bicyclic) bond motifs is 1. The lowest BCUT2D eigenvalue weighted by atomic mass is 10.1. The second kappa shape index (κ2) is 8.22. The summed E-state index contributed by atoms with van der Waals surface area (Å²) in [6.45, 7) is 3.23. The molecule has 144 valence electrons. The van der Waals surface area contributed by atoms with Gasteiger partial charge in [0, 0.05) is 10.4 Å². The monoisotopic (exact) mass is 397 g/mol. The molecule has 7 heteroatoms. The van der Waals surface area contributed by atoms with E-state index in [-0.39, 0.29) is 0 Å². The molecule has 0 aliphatic carbocycles. The average molecular weight is 397 g/mol. The van der Waals surface area contributed by atoms with Crippen LogP contribution in [0, 0.1) is 13.8 Å². The van der Waals surface area contributed by atoms with Gasteiger partial charge in [0.05, 0.1) is 12.7 Å². The largest absolute Gasteiger partial charge is 0.465 e. The van der Waals surface area contributed by atoms with E-state index in [9.17, 15) is 14.4 Å². The third-order valence-corrected chi connectivity index (χ3v) is 5.55. The van der Waals surface area contributed by atoms with Gasteiger partial charge in [-0.2, -0.15) is 0 Å². The molecule has 6 nitrogen and oxygen atoms in total. The highest BCUT2D eigenvalue weighted by atomic mass is 32.1. The van der Waals surface area contributed by atoms with Crippen LogP contribution in [-0.4, -0.2) is 31.6 Å². The zero-order valence-electron chi connectivity index (χ0n) is 15.7. The van der Waals surface area contributed by atoms with Gasteiger partial charge >= 0.3 is 11.9 Å². The van der Waals surface area contributed by atoms with Crippen LogP contribution in [0.1, 0.15) is 31.2 Å². The van der Waals surface area contributed by atoms with E-state index in [0.29, 0.717) is 16.1 Å². The molecule has 0 saturated carbocycles. The first-order chi connectivity index (χ1) is 13.4. The molecule has 3 aromatic rings. The zero-order chi connectivity index (χ0) is 20.3. The van der Waals surface area contributed by atoms with Crippen LogP contribution < -0.4 is 5.32 Å². The Kier molecular flexibility index (Phi) is 5.75. The highest BCUT2D eigenvalue weighted by Gasteiger charge is 2.18. The number of amides is 1. The molecular weight excluding hydrogens is 378 g/mol. The molecule has 0 aliphatic rings. The topological polar surface area (TPSA) is 81.7 Å². The van der Waals surface area contributed by atoms with E-state index in [0.717, 1.165) is 21.2 Å². The average Bonchev–Trinajstić information content (AvgIpc) is 3.04. The van der Waals surface area contributed by atoms with Crippen molar-refractivity contribution in [2.75, 3.05) is 19.0 Å². The van der Waals surface area contributed by atoms with Crippen LogP contribution in [-0.2, 0) is 14.3 Å². The van der Waals surface area contributed by atoms with E-state index >= 15 is 0 Å². The van der Waals surface area contributed by atoms with E-state index in [1.807, 2.05) is 31.2 Å². The van der Waals surface area contributed by atoms with Crippen LogP contribution in [0.15, 0.2) is 42.5 Å². The van der Waals surface area contributed by atoms with Crippen LogP contribution in [0.4, 0.5) is 5.69 Å². The van der Waals surface area contributed by atoms with E-state index in [1.54, 1.807) is 19.1 Å². The molecular formula is C21H19NO5S.